The quantitative estimate of drug-likeness (QED) is 0.271. The second-order valence-electron chi connectivity index (χ2n) is 11.1. The number of aromatic hydroxyl groups is 1. The van der Waals surface area contributed by atoms with E-state index in [4.69, 9.17) is 24.7 Å². The lowest BCUT2D eigenvalue weighted by Gasteiger charge is -2.41. The normalized spacial score (nSPS) is 17.5. The number of benzene rings is 2. The number of carbonyl (C=O) groups excluding carboxylic acids is 1. The van der Waals surface area contributed by atoms with Crippen LogP contribution in [0.4, 0.5) is 19.4 Å². The number of aromatic nitrogens is 3. The number of hydrogen-bond donors (Lipinski definition) is 1. The van der Waals surface area contributed by atoms with Crippen LogP contribution in [0.25, 0.3) is 32.9 Å². The van der Waals surface area contributed by atoms with Gasteiger partial charge in [0.2, 0.25) is 0 Å². The molecule has 14 heteroatoms. The Morgan fingerprint density at radius 3 is 2.61 bits per heavy atom. The lowest BCUT2D eigenvalue weighted by molar-refractivity contribution is 0.0679. The van der Waals surface area contributed by atoms with E-state index in [9.17, 15) is 19.1 Å². The average molecular weight is 630 g/mol. The number of hydrogen-bond acceptors (Lipinski definition) is 11. The van der Waals surface area contributed by atoms with Gasteiger partial charge in [0.1, 0.15) is 28.6 Å². The molecule has 1 amide bonds. The number of fused-ring (bicyclic) bond motifs is 4. The molecule has 2 aliphatic heterocycles. The van der Waals surface area contributed by atoms with Gasteiger partial charge in [0, 0.05) is 30.2 Å². The van der Waals surface area contributed by atoms with Crippen LogP contribution in [0, 0.1) is 30.9 Å². The first-order chi connectivity index (χ1) is 22.2. The summed E-state index contributed by atoms with van der Waals surface area (Å²) in [5.74, 6) is 0.484. The second kappa shape index (κ2) is 11.0. The van der Waals surface area contributed by atoms with E-state index in [0.717, 1.165) is 0 Å². The number of rotatable bonds is 5. The molecule has 0 spiro atoms. The number of aryl methyl sites for hydroxylation is 1. The minimum Gasteiger partial charge on any atom is -0.508 e. The van der Waals surface area contributed by atoms with E-state index in [1.54, 1.807) is 4.90 Å². The number of methoxy groups -OCH3 is 1. The van der Waals surface area contributed by atoms with Crippen molar-refractivity contribution < 1.29 is 37.0 Å². The number of halogens is 2. The molecule has 234 valence electrons. The van der Waals surface area contributed by atoms with Crippen LogP contribution in [-0.4, -0.2) is 63.3 Å². The molecular formula is C32H25F2N5O7. The highest BCUT2D eigenvalue weighted by Crippen LogP contribution is 2.40. The number of phenolic OH excluding ortho intramolecular Hbond substituents is 1. The van der Waals surface area contributed by atoms with E-state index >= 15 is 4.39 Å². The van der Waals surface area contributed by atoms with E-state index in [0.29, 0.717) is 37.1 Å². The number of anilines is 1. The lowest BCUT2D eigenvalue weighted by atomic mass is 9.96. The molecule has 7 rings (SSSR count). The highest BCUT2D eigenvalue weighted by atomic mass is 19.1. The predicted octanol–water partition coefficient (Wildman–Crippen LogP) is 4.66. The van der Waals surface area contributed by atoms with E-state index in [-0.39, 0.29) is 75.1 Å². The third kappa shape index (κ3) is 4.71. The van der Waals surface area contributed by atoms with Crippen molar-refractivity contribution in [2.75, 3.05) is 25.1 Å². The van der Waals surface area contributed by atoms with Crippen LogP contribution in [0.15, 0.2) is 44.1 Å². The smallest absolute Gasteiger partial charge is 0.508 e. The zero-order valence-corrected chi connectivity index (χ0v) is 24.5. The van der Waals surface area contributed by atoms with Gasteiger partial charge in [-0.25, -0.2) is 18.4 Å². The predicted molar refractivity (Wildman–Crippen MR) is 159 cm³/mol. The number of piperazine rings is 1. The first-order valence-electron chi connectivity index (χ1n) is 14.3. The van der Waals surface area contributed by atoms with Crippen LogP contribution in [-0.2, 0) is 11.3 Å². The molecule has 0 aliphatic carbocycles. The van der Waals surface area contributed by atoms with Crippen molar-refractivity contribution in [3.8, 4) is 35.4 Å². The summed E-state index contributed by atoms with van der Waals surface area (Å²) in [5, 5.41) is 11.3. The molecule has 1 N–H and O–H groups in total. The SMILES string of the molecule is C#Cc1c(F)ccc2cc(O)cc(-c3ncc4c(N5CC6CCC(C5)N6C(=O)OCc5oc(=O)oc5C)nc(OC)nc4c3F)c12. The van der Waals surface area contributed by atoms with Crippen molar-refractivity contribution in [3.63, 3.8) is 0 Å². The molecule has 5 aromatic rings. The van der Waals surface area contributed by atoms with Gasteiger partial charge < -0.3 is 28.3 Å². The topological polar surface area (TPSA) is 144 Å². The van der Waals surface area contributed by atoms with Crippen molar-refractivity contribution in [2.24, 2.45) is 0 Å². The minimum atomic E-state index is -0.871. The monoisotopic (exact) mass is 629 g/mol. The van der Waals surface area contributed by atoms with Gasteiger partial charge >= 0.3 is 17.9 Å². The number of amides is 1. The van der Waals surface area contributed by atoms with Gasteiger partial charge in [0.15, 0.2) is 23.9 Å². The van der Waals surface area contributed by atoms with E-state index in [1.165, 1.54) is 44.5 Å². The Kier molecular flexibility index (Phi) is 6.96. The molecule has 2 unspecified atom stereocenters. The van der Waals surface area contributed by atoms with Gasteiger partial charge in [-0.1, -0.05) is 12.0 Å². The molecule has 2 bridgehead atoms. The summed E-state index contributed by atoms with van der Waals surface area (Å²) in [4.78, 5) is 41.2. The number of pyridine rings is 1. The fourth-order valence-corrected chi connectivity index (χ4v) is 6.38. The van der Waals surface area contributed by atoms with Crippen LogP contribution in [0.2, 0.25) is 0 Å². The van der Waals surface area contributed by atoms with Gasteiger partial charge in [0.25, 0.3) is 0 Å². The van der Waals surface area contributed by atoms with E-state index < -0.39 is 23.6 Å². The minimum absolute atomic E-state index is 0.0916. The van der Waals surface area contributed by atoms with Crippen LogP contribution in [0.3, 0.4) is 0 Å². The number of terminal acetylenes is 1. The third-order valence-corrected chi connectivity index (χ3v) is 8.43. The Morgan fingerprint density at radius 2 is 1.93 bits per heavy atom. The molecule has 2 aromatic carbocycles. The maximum Gasteiger partial charge on any atom is 0.519 e. The largest absolute Gasteiger partial charge is 0.519 e. The van der Waals surface area contributed by atoms with Gasteiger partial charge in [-0.2, -0.15) is 9.97 Å². The van der Waals surface area contributed by atoms with Gasteiger partial charge in [-0.05, 0) is 43.4 Å². The summed E-state index contributed by atoms with van der Waals surface area (Å²) >= 11 is 0. The first-order valence-corrected chi connectivity index (χ1v) is 14.3. The molecule has 46 heavy (non-hydrogen) atoms. The Morgan fingerprint density at radius 1 is 1.17 bits per heavy atom. The Hall–Kier alpha value is -5.71. The highest BCUT2D eigenvalue weighted by Gasteiger charge is 2.44. The fourth-order valence-electron chi connectivity index (χ4n) is 6.38. The van der Waals surface area contributed by atoms with Gasteiger partial charge in [-0.3, -0.25) is 9.88 Å². The van der Waals surface area contributed by atoms with Crippen LogP contribution >= 0.6 is 0 Å². The Bertz CT molecular complexity index is 2140. The number of carbonyl (C=O) groups is 1. The van der Waals surface area contributed by atoms with Crippen LogP contribution in [0.5, 0.6) is 11.8 Å². The second-order valence-corrected chi connectivity index (χ2v) is 11.1. The standard InChI is InChI=1S/C32H25F2N5O7/c1-4-20-23(33)8-5-16-9-19(40)10-21(25(16)20)27-26(34)28-22(11-35-27)29(37-30(36-28)43-3)38-12-17-6-7-18(13-38)39(17)31(41)44-14-24-15(2)45-32(42)46-24/h1,5,8-11,17-18,40H,6-7,12-14H2,2-3H3. The highest BCUT2D eigenvalue weighted by molar-refractivity contribution is 6.03. The van der Waals surface area contributed by atoms with Crippen molar-refractivity contribution >= 4 is 33.6 Å². The van der Waals surface area contributed by atoms with Crippen molar-refractivity contribution in [3.05, 3.63) is 69.8 Å². The molecule has 2 fully saturated rings. The number of ether oxygens (including phenoxy) is 2. The van der Waals surface area contributed by atoms with Crippen molar-refractivity contribution in [1.82, 2.24) is 19.9 Å². The zero-order valence-electron chi connectivity index (χ0n) is 24.5. The Labute approximate surface area is 259 Å². The average Bonchev–Trinajstić information content (AvgIpc) is 3.51. The molecule has 12 nitrogen and oxygen atoms in total. The molecule has 3 aromatic heterocycles. The Balaban J connectivity index is 1.24. The maximum absolute atomic E-state index is 16.4. The van der Waals surface area contributed by atoms with Crippen molar-refractivity contribution in [2.45, 2.75) is 38.5 Å². The zero-order chi connectivity index (χ0) is 32.3. The molecule has 2 aliphatic rings. The molecule has 2 atom stereocenters. The van der Waals surface area contributed by atoms with Crippen molar-refractivity contribution in [1.29, 1.82) is 0 Å². The summed E-state index contributed by atoms with van der Waals surface area (Å²) in [6.45, 7) is 2.00. The van der Waals surface area contributed by atoms with Crippen LogP contribution in [0.1, 0.15) is 29.9 Å². The van der Waals surface area contributed by atoms with E-state index in [1.807, 2.05) is 4.90 Å². The molecule has 0 radical (unpaired) electrons. The summed E-state index contributed by atoms with van der Waals surface area (Å²) < 4.78 is 51.7. The first kappa shape index (κ1) is 29.0. The summed E-state index contributed by atoms with van der Waals surface area (Å²) in [6, 6.07) is 4.72. The molecule has 2 saturated heterocycles. The number of phenols is 1. The lowest BCUT2D eigenvalue weighted by Crippen LogP contribution is -2.56. The number of nitrogens with zero attached hydrogens (tertiary/aromatic N) is 5. The van der Waals surface area contributed by atoms with Crippen LogP contribution < -0.4 is 15.5 Å². The van der Waals surface area contributed by atoms with Gasteiger partial charge in [-0.15, -0.1) is 6.42 Å². The summed E-state index contributed by atoms with van der Waals surface area (Å²) in [7, 11) is 1.36. The summed E-state index contributed by atoms with van der Waals surface area (Å²) in [5.41, 5.74) is -0.297. The molecular weight excluding hydrogens is 604 g/mol. The molecule has 0 saturated carbocycles. The molecule has 5 heterocycles. The van der Waals surface area contributed by atoms with E-state index in [2.05, 4.69) is 20.9 Å². The third-order valence-electron chi connectivity index (χ3n) is 8.43. The summed E-state index contributed by atoms with van der Waals surface area (Å²) in [6.07, 6.45) is 7.87. The van der Waals surface area contributed by atoms with Gasteiger partial charge in [0.05, 0.1) is 30.1 Å². The maximum atomic E-state index is 16.4. The fraction of sp³-hybridized carbons (Fsp3) is 0.281.